The number of rotatable bonds is 6. The molecule has 1 aromatic carbocycles. The molecule has 0 heterocycles. The van der Waals surface area contributed by atoms with Gasteiger partial charge in [-0.15, -0.1) is 0 Å². The summed E-state index contributed by atoms with van der Waals surface area (Å²) in [4.78, 5) is 22.9. The molecule has 0 bridgehead atoms. The topological polar surface area (TPSA) is 64.6 Å². The number of carbonyl (C=O) groups is 2. The van der Waals surface area contributed by atoms with Crippen molar-refractivity contribution < 1.29 is 19.1 Å². The van der Waals surface area contributed by atoms with E-state index >= 15 is 0 Å². The van der Waals surface area contributed by atoms with Gasteiger partial charge < -0.3 is 14.8 Å². The second kappa shape index (κ2) is 7.41. The lowest BCUT2D eigenvalue weighted by molar-refractivity contribution is -0.144. The number of carbonyl (C=O) groups excluding carboxylic acids is 2. The number of amides is 1. The van der Waals surface area contributed by atoms with Crippen LogP contribution >= 0.6 is 0 Å². The number of hydrogen-bond acceptors (Lipinski definition) is 4. The molecule has 0 fully saturated rings. The van der Waals surface area contributed by atoms with Crippen LogP contribution in [0.15, 0.2) is 24.3 Å². The Bertz CT molecular complexity index is 445. The Morgan fingerprint density at radius 2 is 1.95 bits per heavy atom. The first-order chi connectivity index (χ1) is 9.08. The predicted octanol–water partition coefficient (Wildman–Crippen LogP) is 1.31. The summed E-state index contributed by atoms with van der Waals surface area (Å²) < 4.78 is 9.75. The van der Waals surface area contributed by atoms with E-state index in [1.54, 1.807) is 14.0 Å². The number of methoxy groups -OCH3 is 2. The molecule has 1 unspecified atom stereocenters. The largest absolute Gasteiger partial charge is 0.496 e. The number of ether oxygens (including phenoxy) is 2. The molecule has 5 nitrogen and oxygen atoms in total. The quantitative estimate of drug-likeness (QED) is 0.788. The Labute approximate surface area is 112 Å². The van der Waals surface area contributed by atoms with Crippen LogP contribution in [0.2, 0.25) is 0 Å². The van der Waals surface area contributed by atoms with Gasteiger partial charge in [0.15, 0.2) is 0 Å². The molecule has 0 saturated heterocycles. The third-order valence-electron chi connectivity index (χ3n) is 2.75. The summed E-state index contributed by atoms with van der Waals surface area (Å²) in [5, 5.41) is 2.58. The van der Waals surface area contributed by atoms with Gasteiger partial charge in [-0.2, -0.15) is 0 Å². The molecule has 0 aliphatic rings. The highest BCUT2D eigenvalue weighted by Gasteiger charge is 2.15. The van der Waals surface area contributed by atoms with E-state index in [2.05, 4.69) is 10.1 Å². The summed E-state index contributed by atoms with van der Waals surface area (Å²) in [6.07, 6.45) is 0.853. The first-order valence-corrected chi connectivity index (χ1v) is 6.07. The van der Waals surface area contributed by atoms with Gasteiger partial charge in [-0.25, -0.2) is 4.79 Å². The van der Waals surface area contributed by atoms with Gasteiger partial charge >= 0.3 is 5.97 Å². The molecule has 1 rings (SSSR count). The molecule has 104 valence electrons. The normalized spacial score (nSPS) is 11.5. The minimum atomic E-state index is -0.629. The fraction of sp³-hybridized carbons (Fsp3) is 0.429. The summed E-state index contributed by atoms with van der Waals surface area (Å²) in [6.45, 7) is 1.59. The number of hydrogen-bond donors (Lipinski definition) is 1. The third kappa shape index (κ3) is 4.62. The van der Waals surface area contributed by atoms with Crippen molar-refractivity contribution in [1.29, 1.82) is 0 Å². The Morgan fingerprint density at radius 3 is 2.58 bits per heavy atom. The molecule has 0 aliphatic carbocycles. The van der Waals surface area contributed by atoms with Crippen LogP contribution in [0.1, 0.15) is 18.9 Å². The number of aryl methyl sites for hydroxylation is 1. The average Bonchev–Trinajstić information content (AvgIpc) is 2.44. The van der Waals surface area contributed by atoms with Crippen LogP contribution in [0, 0.1) is 0 Å². The smallest absolute Gasteiger partial charge is 0.328 e. The number of esters is 1. The minimum Gasteiger partial charge on any atom is -0.496 e. The third-order valence-corrected chi connectivity index (χ3v) is 2.75. The lowest BCUT2D eigenvalue weighted by Crippen LogP contribution is -2.39. The maximum Gasteiger partial charge on any atom is 0.328 e. The first kappa shape index (κ1) is 15.0. The van der Waals surface area contributed by atoms with Crippen molar-refractivity contribution >= 4 is 11.9 Å². The van der Waals surface area contributed by atoms with Gasteiger partial charge in [-0.05, 0) is 25.0 Å². The van der Waals surface area contributed by atoms with Crippen LogP contribution in [0.25, 0.3) is 0 Å². The summed E-state index contributed by atoms with van der Waals surface area (Å²) in [6, 6.07) is 6.91. The molecule has 0 aromatic heterocycles. The fourth-order valence-electron chi connectivity index (χ4n) is 1.71. The predicted molar refractivity (Wildman–Crippen MR) is 70.9 cm³/mol. The van der Waals surface area contributed by atoms with Crippen LogP contribution < -0.4 is 10.1 Å². The standard InChI is InChI=1S/C14H19NO4/c1-10(14(17)19-3)15-13(16)9-8-11-6-4-5-7-12(11)18-2/h4-7,10H,8-9H2,1-3H3,(H,15,16). The van der Waals surface area contributed by atoms with Crippen molar-refractivity contribution in [2.45, 2.75) is 25.8 Å². The van der Waals surface area contributed by atoms with E-state index in [4.69, 9.17) is 4.74 Å². The summed E-state index contributed by atoms with van der Waals surface area (Å²) >= 11 is 0. The van der Waals surface area contributed by atoms with Crippen LogP contribution in [0.5, 0.6) is 5.75 Å². The van der Waals surface area contributed by atoms with Crippen molar-refractivity contribution in [3.05, 3.63) is 29.8 Å². The van der Waals surface area contributed by atoms with E-state index in [1.807, 2.05) is 24.3 Å². The summed E-state index contributed by atoms with van der Waals surface area (Å²) in [7, 11) is 2.89. The minimum absolute atomic E-state index is 0.191. The van der Waals surface area contributed by atoms with E-state index in [0.29, 0.717) is 12.8 Å². The Morgan fingerprint density at radius 1 is 1.26 bits per heavy atom. The molecule has 1 amide bonds. The van der Waals surface area contributed by atoms with Crippen LogP contribution in [-0.2, 0) is 20.7 Å². The van der Waals surface area contributed by atoms with Crippen molar-refractivity contribution in [3.8, 4) is 5.75 Å². The zero-order chi connectivity index (χ0) is 14.3. The van der Waals surface area contributed by atoms with Gasteiger partial charge in [0, 0.05) is 6.42 Å². The van der Waals surface area contributed by atoms with E-state index in [-0.39, 0.29) is 5.91 Å². The molecule has 1 atom stereocenters. The van der Waals surface area contributed by atoms with Crippen molar-refractivity contribution in [3.63, 3.8) is 0 Å². The van der Waals surface area contributed by atoms with Crippen molar-refractivity contribution in [1.82, 2.24) is 5.32 Å². The summed E-state index contributed by atoms with van der Waals surface area (Å²) in [5.41, 5.74) is 0.964. The maximum atomic E-state index is 11.7. The van der Waals surface area contributed by atoms with Crippen molar-refractivity contribution in [2.75, 3.05) is 14.2 Å². The van der Waals surface area contributed by atoms with Crippen molar-refractivity contribution in [2.24, 2.45) is 0 Å². The second-order valence-electron chi connectivity index (χ2n) is 4.12. The molecule has 5 heteroatoms. The Hall–Kier alpha value is -2.04. The maximum absolute atomic E-state index is 11.7. The lowest BCUT2D eigenvalue weighted by atomic mass is 10.1. The number of nitrogens with one attached hydrogen (secondary N) is 1. The van der Waals surface area contributed by atoms with Gasteiger partial charge in [-0.3, -0.25) is 4.79 Å². The zero-order valence-corrected chi connectivity index (χ0v) is 11.4. The van der Waals surface area contributed by atoms with E-state index in [9.17, 15) is 9.59 Å². The van der Waals surface area contributed by atoms with Gasteiger partial charge in [0.05, 0.1) is 14.2 Å². The van der Waals surface area contributed by atoms with Gasteiger partial charge in [0.2, 0.25) is 5.91 Å². The van der Waals surface area contributed by atoms with Gasteiger partial charge in [-0.1, -0.05) is 18.2 Å². The molecule has 0 aliphatic heterocycles. The van der Waals surface area contributed by atoms with Crippen LogP contribution in [0.4, 0.5) is 0 Å². The molecule has 1 aromatic rings. The molecule has 0 saturated carbocycles. The number of benzene rings is 1. The molecule has 0 spiro atoms. The molecular formula is C14H19NO4. The molecular weight excluding hydrogens is 246 g/mol. The average molecular weight is 265 g/mol. The summed E-state index contributed by atoms with van der Waals surface area (Å²) in [5.74, 6) is 0.116. The van der Waals surface area contributed by atoms with E-state index in [1.165, 1.54) is 7.11 Å². The lowest BCUT2D eigenvalue weighted by Gasteiger charge is -2.12. The molecule has 19 heavy (non-hydrogen) atoms. The highest BCUT2D eigenvalue weighted by molar-refractivity contribution is 5.84. The van der Waals surface area contributed by atoms with E-state index < -0.39 is 12.0 Å². The fourth-order valence-corrected chi connectivity index (χ4v) is 1.71. The highest BCUT2D eigenvalue weighted by atomic mass is 16.5. The molecule has 1 N–H and O–H groups in total. The van der Waals surface area contributed by atoms with Gasteiger partial charge in [0.1, 0.15) is 11.8 Å². The highest BCUT2D eigenvalue weighted by Crippen LogP contribution is 2.18. The number of para-hydroxylation sites is 1. The second-order valence-corrected chi connectivity index (χ2v) is 4.12. The Balaban J connectivity index is 2.48. The zero-order valence-electron chi connectivity index (χ0n) is 11.4. The van der Waals surface area contributed by atoms with E-state index in [0.717, 1.165) is 11.3 Å². The molecule has 0 radical (unpaired) electrons. The SMILES string of the molecule is COC(=O)C(C)NC(=O)CCc1ccccc1OC. The van der Waals surface area contributed by atoms with Crippen LogP contribution in [-0.4, -0.2) is 32.1 Å². The monoisotopic (exact) mass is 265 g/mol. The van der Waals surface area contributed by atoms with Crippen LogP contribution in [0.3, 0.4) is 0 Å². The first-order valence-electron chi connectivity index (χ1n) is 6.07. The Kier molecular flexibility index (Phi) is 5.85. The van der Waals surface area contributed by atoms with Gasteiger partial charge in [0.25, 0.3) is 0 Å².